The average Bonchev–Trinajstić information content (AvgIpc) is 3.05. The van der Waals surface area contributed by atoms with Crippen molar-refractivity contribution in [1.82, 2.24) is 9.80 Å². The molecular formula is C35H44ClN5O6. The van der Waals surface area contributed by atoms with Gasteiger partial charge in [-0.3, -0.25) is 19.2 Å². The van der Waals surface area contributed by atoms with Crippen LogP contribution in [0.15, 0.2) is 60.7 Å². The number of nitrogens with one attached hydrogen (secondary N) is 1. The van der Waals surface area contributed by atoms with Gasteiger partial charge in [0.1, 0.15) is 11.5 Å². The SMILES string of the molecule is COc1cc(C(=O)N(C)c2ccc(C)cc2OCCCCCC(=O)N2CCN(C)CC2)ccc1C(=O)Nc1ccccc1C(N)=O.Cl. The first-order valence-electron chi connectivity index (χ1n) is 15.4. The summed E-state index contributed by atoms with van der Waals surface area (Å²) in [5.41, 5.74) is 7.97. The van der Waals surface area contributed by atoms with Crippen molar-refractivity contribution in [3.63, 3.8) is 0 Å². The maximum Gasteiger partial charge on any atom is 0.259 e. The minimum absolute atomic E-state index is 0. The number of aryl methyl sites for hydroxylation is 1. The van der Waals surface area contributed by atoms with Crippen molar-refractivity contribution >= 4 is 47.4 Å². The Labute approximate surface area is 282 Å². The summed E-state index contributed by atoms with van der Waals surface area (Å²) in [6.07, 6.45) is 3.00. The lowest BCUT2D eigenvalue weighted by atomic mass is 10.1. The van der Waals surface area contributed by atoms with E-state index in [-0.39, 0.29) is 46.8 Å². The number of hydrogen-bond acceptors (Lipinski definition) is 7. The Balaban J connectivity index is 0.00000600. The summed E-state index contributed by atoms with van der Waals surface area (Å²) in [4.78, 5) is 56.6. The molecule has 12 heteroatoms. The second-order valence-corrected chi connectivity index (χ2v) is 11.5. The Morgan fingerprint density at radius 2 is 1.62 bits per heavy atom. The first kappa shape index (κ1) is 36.9. The third-order valence-electron chi connectivity index (χ3n) is 8.06. The van der Waals surface area contributed by atoms with Crippen LogP contribution in [0.2, 0.25) is 0 Å². The molecule has 0 unspecified atom stereocenters. The van der Waals surface area contributed by atoms with Crippen LogP contribution in [0, 0.1) is 6.92 Å². The molecule has 1 aliphatic rings. The number of piperazine rings is 1. The normalized spacial score (nSPS) is 12.9. The van der Waals surface area contributed by atoms with Crippen LogP contribution in [-0.2, 0) is 4.79 Å². The molecule has 0 aromatic heterocycles. The molecule has 0 atom stereocenters. The summed E-state index contributed by atoms with van der Waals surface area (Å²) in [5, 5.41) is 2.69. The van der Waals surface area contributed by atoms with Gasteiger partial charge in [0.2, 0.25) is 5.91 Å². The fourth-order valence-corrected chi connectivity index (χ4v) is 5.28. The van der Waals surface area contributed by atoms with E-state index in [1.165, 1.54) is 30.2 Å². The van der Waals surface area contributed by atoms with Crippen LogP contribution in [0.4, 0.5) is 11.4 Å². The smallest absolute Gasteiger partial charge is 0.259 e. The van der Waals surface area contributed by atoms with E-state index in [2.05, 4.69) is 17.3 Å². The van der Waals surface area contributed by atoms with Gasteiger partial charge in [0.25, 0.3) is 17.7 Å². The molecule has 0 aliphatic carbocycles. The number of hydrogen-bond donors (Lipinski definition) is 2. The zero-order valence-electron chi connectivity index (χ0n) is 27.4. The predicted octanol–water partition coefficient (Wildman–Crippen LogP) is 4.77. The maximum absolute atomic E-state index is 13.6. The van der Waals surface area contributed by atoms with Crippen molar-refractivity contribution in [3.8, 4) is 11.5 Å². The Bertz CT molecular complexity index is 1570. The largest absolute Gasteiger partial charge is 0.496 e. The second kappa shape index (κ2) is 17.3. The molecule has 4 rings (SSSR count). The highest BCUT2D eigenvalue weighted by molar-refractivity contribution is 6.11. The van der Waals surface area contributed by atoms with Crippen molar-refractivity contribution in [2.75, 3.05) is 64.2 Å². The highest BCUT2D eigenvalue weighted by Gasteiger charge is 2.22. The molecule has 3 N–H and O–H groups in total. The van der Waals surface area contributed by atoms with E-state index in [9.17, 15) is 19.2 Å². The number of ether oxygens (including phenoxy) is 2. The summed E-state index contributed by atoms with van der Waals surface area (Å²) in [5.74, 6) is -0.509. The summed E-state index contributed by atoms with van der Waals surface area (Å²) < 4.78 is 11.6. The number of nitrogens with two attached hydrogens (primary N) is 1. The molecule has 1 aliphatic heterocycles. The minimum atomic E-state index is -0.667. The number of carbonyl (C=O) groups excluding carboxylic acids is 4. The van der Waals surface area contributed by atoms with Gasteiger partial charge in [0, 0.05) is 45.2 Å². The number of para-hydroxylation sites is 1. The number of nitrogens with zero attached hydrogens (tertiary/aromatic N) is 3. The summed E-state index contributed by atoms with van der Waals surface area (Å²) in [6.45, 7) is 5.83. The number of carbonyl (C=O) groups is 4. The lowest BCUT2D eigenvalue weighted by Crippen LogP contribution is -2.47. The van der Waals surface area contributed by atoms with Crippen LogP contribution in [-0.4, -0.2) is 87.4 Å². The number of halogens is 1. The van der Waals surface area contributed by atoms with Crippen molar-refractivity contribution in [1.29, 1.82) is 0 Å². The highest BCUT2D eigenvalue weighted by Crippen LogP contribution is 2.31. The van der Waals surface area contributed by atoms with Crippen LogP contribution in [0.3, 0.4) is 0 Å². The zero-order chi connectivity index (χ0) is 33.2. The molecule has 11 nitrogen and oxygen atoms in total. The lowest BCUT2D eigenvalue weighted by Gasteiger charge is -2.32. The molecule has 252 valence electrons. The third-order valence-corrected chi connectivity index (χ3v) is 8.06. The minimum Gasteiger partial charge on any atom is -0.496 e. The zero-order valence-corrected chi connectivity index (χ0v) is 28.2. The van der Waals surface area contributed by atoms with Crippen LogP contribution < -0.4 is 25.4 Å². The standard InChI is InChI=1S/C35H43N5O6.ClH/c1-24-13-16-29(31(22-24)46-21-9-5-6-12-32(41)40-19-17-38(2)18-20-40)39(3)35(44)25-14-15-27(30(23-25)45-4)34(43)37-28-11-8-7-10-26(28)33(36)42;/h7-8,10-11,13-16,22-23H,5-6,9,12,17-21H2,1-4H3,(H2,36,42)(H,37,43);1H. The van der Waals surface area contributed by atoms with Crippen LogP contribution in [0.1, 0.15) is 62.3 Å². The van der Waals surface area contributed by atoms with Crippen LogP contribution >= 0.6 is 12.4 Å². The molecule has 47 heavy (non-hydrogen) atoms. The molecule has 0 spiro atoms. The Morgan fingerprint density at radius 1 is 0.894 bits per heavy atom. The molecular weight excluding hydrogens is 622 g/mol. The van der Waals surface area contributed by atoms with Gasteiger partial charge >= 0.3 is 0 Å². The fourth-order valence-electron chi connectivity index (χ4n) is 5.28. The summed E-state index contributed by atoms with van der Waals surface area (Å²) >= 11 is 0. The van der Waals surface area contributed by atoms with Gasteiger partial charge in [0.05, 0.1) is 36.2 Å². The number of rotatable bonds is 13. The van der Waals surface area contributed by atoms with Gasteiger partial charge in [-0.1, -0.05) is 18.2 Å². The molecule has 1 fully saturated rings. The third kappa shape index (κ3) is 9.69. The van der Waals surface area contributed by atoms with Gasteiger partial charge in [0.15, 0.2) is 0 Å². The topological polar surface area (TPSA) is 135 Å². The van der Waals surface area contributed by atoms with E-state index < -0.39 is 11.8 Å². The average molecular weight is 666 g/mol. The quantitative estimate of drug-likeness (QED) is 0.251. The Morgan fingerprint density at radius 3 is 2.32 bits per heavy atom. The van der Waals surface area contributed by atoms with Gasteiger partial charge < -0.3 is 35.2 Å². The summed E-state index contributed by atoms with van der Waals surface area (Å²) in [6, 6.07) is 16.6. The van der Waals surface area contributed by atoms with E-state index in [1.54, 1.807) is 31.3 Å². The molecule has 3 aromatic carbocycles. The van der Waals surface area contributed by atoms with Crippen molar-refractivity contribution in [2.45, 2.75) is 32.6 Å². The lowest BCUT2D eigenvalue weighted by molar-refractivity contribution is -0.132. The van der Waals surface area contributed by atoms with Crippen LogP contribution in [0.25, 0.3) is 0 Å². The number of amides is 4. The second-order valence-electron chi connectivity index (χ2n) is 11.5. The van der Waals surface area contributed by atoms with Crippen molar-refractivity contribution < 1.29 is 28.7 Å². The number of likely N-dealkylation sites (N-methyl/N-ethyl adjacent to an activating group) is 1. The fraction of sp³-hybridized carbons (Fsp3) is 0.371. The molecule has 0 bridgehead atoms. The Hall–Kier alpha value is -4.61. The number of unbranched alkanes of at least 4 members (excludes halogenated alkanes) is 2. The number of anilines is 2. The summed E-state index contributed by atoms with van der Waals surface area (Å²) in [7, 11) is 5.15. The van der Waals surface area contributed by atoms with Gasteiger partial charge in [-0.15, -0.1) is 12.4 Å². The Kier molecular flexibility index (Phi) is 13.6. The van der Waals surface area contributed by atoms with E-state index in [1.807, 2.05) is 30.0 Å². The highest BCUT2D eigenvalue weighted by atomic mass is 35.5. The number of methoxy groups -OCH3 is 1. The van der Waals surface area contributed by atoms with E-state index in [0.29, 0.717) is 30.0 Å². The van der Waals surface area contributed by atoms with E-state index >= 15 is 0 Å². The van der Waals surface area contributed by atoms with Gasteiger partial charge in [-0.2, -0.15) is 0 Å². The maximum atomic E-state index is 13.6. The monoisotopic (exact) mass is 665 g/mol. The molecule has 0 saturated carbocycles. The predicted molar refractivity (Wildman–Crippen MR) is 185 cm³/mol. The first-order valence-corrected chi connectivity index (χ1v) is 15.4. The van der Waals surface area contributed by atoms with Crippen molar-refractivity contribution in [2.24, 2.45) is 5.73 Å². The molecule has 0 radical (unpaired) electrons. The first-order chi connectivity index (χ1) is 22.1. The van der Waals surface area contributed by atoms with Gasteiger partial charge in [-0.25, -0.2) is 0 Å². The number of benzene rings is 3. The van der Waals surface area contributed by atoms with E-state index in [4.69, 9.17) is 15.2 Å². The van der Waals surface area contributed by atoms with Gasteiger partial charge in [-0.05, 0) is 81.3 Å². The van der Waals surface area contributed by atoms with Crippen molar-refractivity contribution in [3.05, 3.63) is 82.9 Å². The molecule has 1 heterocycles. The molecule has 1 saturated heterocycles. The van der Waals surface area contributed by atoms with E-state index in [0.717, 1.165) is 51.0 Å². The van der Waals surface area contributed by atoms with Crippen LogP contribution in [0.5, 0.6) is 11.5 Å². The number of primary amides is 1. The molecule has 4 amide bonds. The molecule has 3 aromatic rings.